The fraction of sp³-hybridized carbons (Fsp3) is 0.341. The number of nitrogens with one attached hydrogen (secondary N) is 5. The van der Waals surface area contributed by atoms with Crippen molar-refractivity contribution in [1.29, 1.82) is 0 Å². The topological polar surface area (TPSA) is 210 Å². The number of fused-ring (bicyclic) bond motifs is 18. The van der Waals surface area contributed by atoms with Gasteiger partial charge in [0.25, 0.3) is 17.4 Å². The molecule has 2 aliphatic rings. The van der Waals surface area contributed by atoms with Gasteiger partial charge in [-0.3, -0.25) is 28.8 Å². The first-order valence-corrected chi connectivity index (χ1v) is 18.5. The van der Waals surface area contributed by atoms with Crippen molar-refractivity contribution in [2.45, 2.75) is 58.2 Å². The van der Waals surface area contributed by atoms with Crippen molar-refractivity contribution in [3.63, 3.8) is 0 Å². The molecule has 16 nitrogen and oxygen atoms in total. The number of benzene rings is 3. The van der Waals surface area contributed by atoms with Gasteiger partial charge in [-0.15, -0.1) is 0 Å². The zero-order chi connectivity index (χ0) is 40.9. The number of ether oxygens (including phenoxy) is 3. The summed E-state index contributed by atoms with van der Waals surface area (Å²) in [4.78, 5) is 88.0. The highest BCUT2D eigenvalue weighted by Crippen LogP contribution is 2.35. The Hall–Kier alpha value is -6.71. The molecule has 5 amide bonds. The minimum absolute atomic E-state index is 0.0379. The molecular formula is C41H47N7O9. The van der Waals surface area contributed by atoms with E-state index in [9.17, 15) is 28.8 Å². The van der Waals surface area contributed by atoms with Gasteiger partial charge >= 0.3 is 0 Å². The van der Waals surface area contributed by atoms with E-state index in [1.54, 1.807) is 43.3 Å². The van der Waals surface area contributed by atoms with Crippen LogP contribution in [0.2, 0.25) is 0 Å². The lowest BCUT2D eigenvalue weighted by Crippen LogP contribution is -2.54. The van der Waals surface area contributed by atoms with Crippen LogP contribution in [0.3, 0.4) is 0 Å². The molecule has 6 rings (SSSR count). The van der Waals surface area contributed by atoms with Crippen molar-refractivity contribution in [2.24, 2.45) is 0 Å². The van der Waals surface area contributed by atoms with Crippen LogP contribution in [-0.2, 0) is 27.3 Å². The van der Waals surface area contributed by atoms with Gasteiger partial charge in [-0.25, -0.2) is 4.98 Å². The number of carbonyl (C=O) groups excluding carboxylic acids is 5. The number of aromatic amines is 1. The van der Waals surface area contributed by atoms with Crippen LogP contribution in [0.25, 0.3) is 0 Å². The summed E-state index contributed by atoms with van der Waals surface area (Å²) in [5, 5.41) is 11.1. The van der Waals surface area contributed by atoms with Crippen molar-refractivity contribution in [1.82, 2.24) is 36.1 Å². The molecule has 4 bridgehead atoms. The molecule has 0 spiro atoms. The van der Waals surface area contributed by atoms with E-state index in [2.05, 4.69) is 31.2 Å². The number of aromatic nitrogens is 2. The molecule has 0 saturated carbocycles. The number of aryl methyl sites for hydroxylation is 2. The molecule has 0 fully saturated rings. The third kappa shape index (κ3) is 11.4. The van der Waals surface area contributed by atoms with E-state index in [1.165, 1.54) is 26.0 Å². The molecule has 0 unspecified atom stereocenters. The lowest BCUT2D eigenvalue weighted by Gasteiger charge is -2.25. The highest BCUT2D eigenvalue weighted by molar-refractivity contribution is 5.97. The number of hydrogen-bond acceptors (Lipinski definition) is 10. The van der Waals surface area contributed by atoms with Crippen LogP contribution in [0.4, 0.5) is 0 Å². The number of hydrogen-bond donors (Lipinski definition) is 5. The molecule has 0 saturated heterocycles. The van der Waals surface area contributed by atoms with Crippen LogP contribution in [0, 0.1) is 6.92 Å². The minimum atomic E-state index is -1.08. The number of rotatable bonds is 6. The summed E-state index contributed by atoms with van der Waals surface area (Å²) >= 11 is 0. The minimum Gasteiger partial charge on any atom is -0.496 e. The Labute approximate surface area is 329 Å². The van der Waals surface area contributed by atoms with Crippen LogP contribution in [0.5, 0.6) is 23.0 Å². The van der Waals surface area contributed by atoms with E-state index in [0.29, 0.717) is 53.5 Å². The Balaban J connectivity index is 1.42. The van der Waals surface area contributed by atoms with Gasteiger partial charge in [0.15, 0.2) is 11.5 Å². The maximum atomic E-state index is 13.7. The Kier molecular flexibility index (Phi) is 14.4. The molecule has 2 atom stereocenters. The molecule has 0 radical (unpaired) electrons. The second kappa shape index (κ2) is 19.7. The molecule has 0 aliphatic carbocycles. The standard InChI is InChI=1S/C41H47N7O9/c1-25-37(50)44-22-29-13-15-30(21-34(29)56-4)57-35-20-28(14-17-33(35)55-3)38(51)42-18-8-9-19-48(41(54)31-23-43-26(2)46-39(31)52)24-36(49)47-32(40(53)45-25)16-12-27-10-6-5-7-11-27/h5-7,10-11,13-15,17,20-21,23,25,32H,8-9,12,16,18-19,22,24H2,1-4H3,(H,42,51)(H,44,50)(H,45,53)(H,47,49)(H,43,46,52)/t25-,32-/m0/s1. The molecule has 3 heterocycles. The van der Waals surface area contributed by atoms with Gasteiger partial charge in [-0.2, -0.15) is 0 Å². The zero-order valence-electron chi connectivity index (χ0n) is 32.3. The second-order valence-electron chi connectivity index (χ2n) is 13.4. The lowest BCUT2D eigenvalue weighted by molar-refractivity contribution is -0.132. The highest BCUT2D eigenvalue weighted by atomic mass is 16.5. The smallest absolute Gasteiger partial charge is 0.263 e. The van der Waals surface area contributed by atoms with E-state index in [0.717, 1.165) is 11.8 Å². The maximum Gasteiger partial charge on any atom is 0.263 e. The second-order valence-corrected chi connectivity index (χ2v) is 13.4. The number of nitrogens with zero attached hydrogens (tertiary/aromatic N) is 2. The van der Waals surface area contributed by atoms with Crippen LogP contribution in [-0.4, -0.2) is 90.3 Å². The summed E-state index contributed by atoms with van der Waals surface area (Å²) < 4.78 is 17.2. The molecule has 300 valence electrons. The summed E-state index contributed by atoms with van der Waals surface area (Å²) in [6, 6.07) is 17.1. The van der Waals surface area contributed by atoms with Crippen LogP contribution in [0.15, 0.2) is 77.7 Å². The van der Waals surface area contributed by atoms with Crippen molar-refractivity contribution in [3.05, 3.63) is 111 Å². The van der Waals surface area contributed by atoms with Crippen molar-refractivity contribution >= 4 is 29.5 Å². The number of methoxy groups -OCH3 is 2. The Morgan fingerprint density at radius 2 is 1.67 bits per heavy atom. The zero-order valence-corrected chi connectivity index (χ0v) is 32.3. The first-order valence-electron chi connectivity index (χ1n) is 18.5. The van der Waals surface area contributed by atoms with E-state index < -0.39 is 47.8 Å². The molecule has 2 aliphatic heterocycles. The quantitative estimate of drug-likeness (QED) is 0.181. The lowest BCUT2D eigenvalue weighted by atomic mass is 10.0. The van der Waals surface area contributed by atoms with Gasteiger partial charge in [0.2, 0.25) is 17.7 Å². The summed E-state index contributed by atoms with van der Waals surface area (Å²) in [7, 11) is 2.96. The van der Waals surface area contributed by atoms with E-state index >= 15 is 0 Å². The largest absolute Gasteiger partial charge is 0.496 e. The van der Waals surface area contributed by atoms with Crippen molar-refractivity contribution < 1.29 is 38.2 Å². The van der Waals surface area contributed by atoms with E-state index in [4.69, 9.17) is 14.2 Å². The number of amides is 5. The van der Waals surface area contributed by atoms with Gasteiger partial charge in [-0.1, -0.05) is 30.3 Å². The summed E-state index contributed by atoms with van der Waals surface area (Å²) in [6.07, 6.45) is 2.52. The molecule has 3 aromatic carbocycles. The first kappa shape index (κ1) is 41.5. The highest BCUT2D eigenvalue weighted by Gasteiger charge is 2.27. The fourth-order valence-corrected chi connectivity index (χ4v) is 6.10. The average molecular weight is 782 g/mol. The predicted molar refractivity (Wildman–Crippen MR) is 209 cm³/mol. The fourth-order valence-electron chi connectivity index (χ4n) is 6.10. The van der Waals surface area contributed by atoms with Crippen molar-refractivity contribution in [3.8, 4) is 23.0 Å². The van der Waals surface area contributed by atoms with Gasteiger partial charge in [0.05, 0.1) is 20.8 Å². The Morgan fingerprint density at radius 3 is 2.40 bits per heavy atom. The maximum absolute atomic E-state index is 13.7. The van der Waals surface area contributed by atoms with Gasteiger partial charge in [-0.05, 0) is 75.4 Å². The first-order chi connectivity index (χ1) is 27.4. The summed E-state index contributed by atoms with van der Waals surface area (Å²) in [5.41, 5.74) is 0.941. The van der Waals surface area contributed by atoms with Crippen LogP contribution < -0.4 is 41.0 Å². The third-order valence-corrected chi connectivity index (χ3v) is 9.25. The molecule has 1 aromatic heterocycles. The molecule has 16 heteroatoms. The Morgan fingerprint density at radius 1 is 0.895 bits per heavy atom. The predicted octanol–water partition coefficient (Wildman–Crippen LogP) is 2.79. The number of H-pyrrole nitrogens is 1. The summed E-state index contributed by atoms with van der Waals surface area (Å²) in [5.74, 6) is -1.08. The van der Waals surface area contributed by atoms with Crippen LogP contribution >= 0.6 is 0 Å². The molecule has 4 aromatic rings. The SMILES string of the molecule is COc1cc2ccc1CNC(=O)[C@H](C)NC(=O)[C@H](CCc1ccccc1)NC(=O)CN(C(=O)c1cnc(C)[nH]c1=O)CCCCNC(=O)c1ccc(OC)c(c1)O2. The van der Waals surface area contributed by atoms with Crippen LogP contribution in [0.1, 0.15) is 63.9 Å². The monoisotopic (exact) mass is 781 g/mol. The van der Waals surface area contributed by atoms with E-state index in [1.807, 2.05) is 30.3 Å². The Bertz CT molecular complexity index is 2140. The summed E-state index contributed by atoms with van der Waals surface area (Å²) in [6.45, 7) is 2.93. The van der Waals surface area contributed by atoms with Gasteiger partial charge < -0.3 is 45.4 Å². The van der Waals surface area contributed by atoms with E-state index in [-0.39, 0.29) is 43.3 Å². The molecular weight excluding hydrogens is 734 g/mol. The molecule has 5 N–H and O–H groups in total. The van der Waals surface area contributed by atoms with Crippen molar-refractivity contribution in [2.75, 3.05) is 33.9 Å². The van der Waals surface area contributed by atoms with Gasteiger partial charge in [0, 0.05) is 43.0 Å². The third-order valence-electron chi connectivity index (χ3n) is 9.25. The number of carbonyl (C=O) groups is 5. The normalized spacial score (nSPS) is 17.4. The van der Waals surface area contributed by atoms with Gasteiger partial charge in [0.1, 0.15) is 35.0 Å². The average Bonchev–Trinajstić information content (AvgIpc) is 3.20. The molecule has 57 heavy (non-hydrogen) atoms.